The Balaban J connectivity index is 1.34. The molecular formula is C33H37FN4O2. The molecule has 2 unspecified atom stereocenters. The maximum absolute atomic E-state index is 14.6. The molecule has 1 aliphatic carbocycles. The first-order valence-electron chi connectivity index (χ1n) is 13.7. The van der Waals surface area contributed by atoms with E-state index in [0.717, 1.165) is 16.9 Å². The number of nitrogens with zero attached hydrogens (tertiary/aromatic N) is 2. The van der Waals surface area contributed by atoms with E-state index in [0.29, 0.717) is 11.3 Å². The van der Waals surface area contributed by atoms with Crippen LogP contribution in [0.5, 0.6) is 0 Å². The number of aromatic nitrogens is 1. The normalized spacial score (nSPS) is 17.4. The highest BCUT2D eigenvalue weighted by atomic mass is 19.1. The lowest BCUT2D eigenvalue weighted by Crippen LogP contribution is -2.38. The molecule has 4 aromatic rings. The van der Waals surface area contributed by atoms with Gasteiger partial charge in [-0.2, -0.15) is 0 Å². The quantitative estimate of drug-likeness (QED) is 0.255. The van der Waals surface area contributed by atoms with Crippen LogP contribution < -0.4 is 10.2 Å². The third-order valence-corrected chi connectivity index (χ3v) is 8.37. The van der Waals surface area contributed by atoms with Crippen LogP contribution >= 0.6 is 0 Å². The highest BCUT2D eigenvalue weighted by Gasteiger charge is 2.59. The Morgan fingerprint density at radius 2 is 1.65 bits per heavy atom. The molecule has 0 radical (unpaired) electrons. The van der Waals surface area contributed by atoms with E-state index in [9.17, 15) is 14.0 Å². The molecule has 1 aromatic heterocycles. The van der Waals surface area contributed by atoms with Gasteiger partial charge in [0.25, 0.3) is 0 Å². The van der Waals surface area contributed by atoms with E-state index in [2.05, 4.69) is 43.2 Å². The number of hydrogen-bond acceptors (Lipinski definition) is 3. The number of aryl methyl sites for hydroxylation is 1. The van der Waals surface area contributed by atoms with Crippen LogP contribution in [0.15, 0.2) is 72.8 Å². The van der Waals surface area contributed by atoms with E-state index in [1.165, 1.54) is 21.9 Å². The van der Waals surface area contributed by atoms with E-state index in [-0.39, 0.29) is 54.4 Å². The Bertz CT molecular complexity index is 1540. The number of rotatable bonds is 9. The Hall–Kier alpha value is -4.13. The fraction of sp³-hybridized carbons (Fsp3) is 0.333. The van der Waals surface area contributed by atoms with E-state index >= 15 is 0 Å². The molecule has 2 N–H and O–H groups in total. The summed E-state index contributed by atoms with van der Waals surface area (Å²) >= 11 is 0. The standard InChI is InChI=1S/C33H37FN4O2/c1-21-31(25-11-7-9-13-28(25)35-21)32-26(33(32,2)3)18-30(40)38(19-22-10-6-8-12-27(22)34)20-29(39)36-23-14-16-24(17-15-23)37(4)5/h6-17,26,32,35H,18-20H2,1-5H3,(H,36,39). The number of halogens is 1. The molecule has 2 atom stereocenters. The van der Waals surface area contributed by atoms with Crippen LogP contribution in [0, 0.1) is 24.1 Å². The van der Waals surface area contributed by atoms with Crippen molar-refractivity contribution in [3.63, 3.8) is 0 Å². The molecule has 3 aromatic carbocycles. The number of H-pyrrole nitrogens is 1. The zero-order valence-corrected chi connectivity index (χ0v) is 23.8. The molecule has 2 amide bonds. The maximum Gasteiger partial charge on any atom is 0.244 e. The number of carbonyl (C=O) groups excluding carboxylic acids is 2. The van der Waals surface area contributed by atoms with Crippen molar-refractivity contribution < 1.29 is 14.0 Å². The van der Waals surface area contributed by atoms with E-state index < -0.39 is 0 Å². The van der Waals surface area contributed by atoms with E-state index in [4.69, 9.17) is 0 Å². The number of fused-ring (bicyclic) bond motifs is 1. The van der Waals surface area contributed by atoms with Gasteiger partial charge in [0.05, 0.1) is 0 Å². The molecule has 40 heavy (non-hydrogen) atoms. The smallest absolute Gasteiger partial charge is 0.244 e. The summed E-state index contributed by atoms with van der Waals surface area (Å²) in [5, 5.41) is 4.08. The predicted molar refractivity (Wildman–Crippen MR) is 159 cm³/mol. The van der Waals surface area contributed by atoms with Crippen molar-refractivity contribution in [3.05, 3.63) is 95.4 Å². The molecule has 1 heterocycles. The van der Waals surface area contributed by atoms with Crippen LogP contribution in [0.3, 0.4) is 0 Å². The summed E-state index contributed by atoms with van der Waals surface area (Å²) in [5.74, 6) is -0.533. The minimum atomic E-state index is -0.390. The molecule has 7 heteroatoms. The first-order valence-corrected chi connectivity index (χ1v) is 13.7. The number of anilines is 2. The molecule has 5 rings (SSSR count). The average Bonchev–Trinajstić information content (AvgIpc) is 3.26. The fourth-order valence-electron chi connectivity index (χ4n) is 6.00. The number of benzene rings is 3. The topological polar surface area (TPSA) is 68.4 Å². The van der Waals surface area contributed by atoms with Gasteiger partial charge < -0.3 is 20.1 Å². The number of aromatic amines is 1. The fourth-order valence-corrected chi connectivity index (χ4v) is 6.00. The minimum Gasteiger partial charge on any atom is -0.378 e. The number of para-hydroxylation sites is 1. The van der Waals surface area contributed by atoms with Gasteiger partial charge in [-0.25, -0.2) is 4.39 Å². The molecule has 0 spiro atoms. The first-order chi connectivity index (χ1) is 19.1. The van der Waals surface area contributed by atoms with Gasteiger partial charge in [-0.15, -0.1) is 0 Å². The summed E-state index contributed by atoms with van der Waals surface area (Å²) in [4.78, 5) is 33.8. The number of hydrogen-bond donors (Lipinski definition) is 2. The summed E-state index contributed by atoms with van der Waals surface area (Å²) < 4.78 is 14.6. The van der Waals surface area contributed by atoms with Crippen molar-refractivity contribution in [3.8, 4) is 0 Å². The zero-order chi connectivity index (χ0) is 28.6. The van der Waals surface area contributed by atoms with Gasteiger partial charge in [-0.05, 0) is 66.1 Å². The van der Waals surface area contributed by atoms with Crippen molar-refractivity contribution in [2.45, 2.75) is 39.7 Å². The molecule has 208 valence electrons. The molecule has 0 aliphatic heterocycles. The van der Waals surface area contributed by atoms with Gasteiger partial charge in [-0.3, -0.25) is 9.59 Å². The molecule has 1 aliphatic rings. The summed E-state index contributed by atoms with van der Waals surface area (Å²) in [6, 6.07) is 22.2. The molecule has 6 nitrogen and oxygen atoms in total. The highest BCUT2D eigenvalue weighted by molar-refractivity contribution is 5.95. The summed E-state index contributed by atoms with van der Waals surface area (Å²) in [5.41, 5.74) is 5.45. The largest absolute Gasteiger partial charge is 0.378 e. The van der Waals surface area contributed by atoms with Gasteiger partial charge in [0, 0.05) is 60.6 Å². The number of carbonyl (C=O) groups is 2. The van der Waals surface area contributed by atoms with Gasteiger partial charge in [0.15, 0.2) is 0 Å². The Labute approximate surface area is 235 Å². The summed E-state index contributed by atoms with van der Waals surface area (Å²) in [6.45, 7) is 6.35. The van der Waals surface area contributed by atoms with Crippen LogP contribution in [-0.2, 0) is 16.1 Å². The Kier molecular flexibility index (Phi) is 7.41. The Morgan fingerprint density at radius 1 is 0.975 bits per heavy atom. The highest BCUT2D eigenvalue weighted by Crippen LogP contribution is 2.67. The zero-order valence-electron chi connectivity index (χ0n) is 23.8. The second kappa shape index (κ2) is 10.8. The van der Waals surface area contributed by atoms with Crippen LogP contribution in [0.25, 0.3) is 10.9 Å². The first kappa shape index (κ1) is 27.4. The second-order valence-electron chi connectivity index (χ2n) is 11.6. The summed E-state index contributed by atoms with van der Waals surface area (Å²) in [6.07, 6.45) is 0.288. The molecule has 1 saturated carbocycles. The van der Waals surface area contributed by atoms with Crippen LogP contribution in [0.4, 0.5) is 15.8 Å². The minimum absolute atomic E-state index is 0.0302. The van der Waals surface area contributed by atoms with Gasteiger partial charge in [-0.1, -0.05) is 50.2 Å². The van der Waals surface area contributed by atoms with Crippen molar-refractivity contribution in [2.24, 2.45) is 11.3 Å². The monoisotopic (exact) mass is 540 g/mol. The van der Waals surface area contributed by atoms with Gasteiger partial charge in [0.1, 0.15) is 12.4 Å². The third kappa shape index (κ3) is 5.46. The molecular weight excluding hydrogens is 503 g/mol. The van der Waals surface area contributed by atoms with Crippen molar-refractivity contribution >= 4 is 34.1 Å². The lowest BCUT2D eigenvalue weighted by atomic mass is 10.0. The van der Waals surface area contributed by atoms with E-state index in [1.807, 2.05) is 55.4 Å². The molecule has 0 bridgehead atoms. The number of nitrogens with one attached hydrogen (secondary N) is 2. The average molecular weight is 541 g/mol. The van der Waals surface area contributed by atoms with Crippen molar-refractivity contribution in [1.82, 2.24) is 9.88 Å². The van der Waals surface area contributed by atoms with Crippen LogP contribution in [0.1, 0.15) is 43.0 Å². The van der Waals surface area contributed by atoms with Gasteiger partial charge in [0.2, 0.25) is 11.8 Å². The second-order valence-corrected chi connectivity index (χ2v) is 11.6. The SMILES string of the molecule is Cc1[nH]c2ccccc2c1C1C(CC(=O)N(CC(=O)Nc2ccc(N(C)C)cc2)Cc2ccccc2F)C1(C)C. The lowest BCUT2D eigenvalue weighted by molar-refractivity contribution is -0.135. The molecule has 1 fully saturated rings. The third-order valence-electron chi connectivity index (χ3n) is 8.37. The van der Waals surface area contributed by atoms with Gasteiger partial charge >= 0.3 is 0 Å². The number of amides is 2. The van der Waals surface area contributed by atoms with Crippen molar-refractivity contribution in [2.75, 3.05) is 30.9 Å². The lowest BCUT2D eigenvalue weighted by Gasteiger charge is -2.23. The van der Waals surface area contributed by atoms with Crippen LogP contribution in [-0.4, -0.2) is 42.3 Å². The van der Waals surface area contributed by atoms with Crippen LogP contribution in [0.2, 0.25) is 0 Å². The summed E-state index contributed by atoms with van der Waals surface area (Å²) in [7, 11) is 3.90. The van der Waals surface area contributed by atoms with E-state index in [1.54, 1.807) is 18.2 Å². The van der Waals surface area contributed by atoms with Crippen molar-refractivity contribution in [1.29, 1.82) is 0 Å². The molecule has 0 saturated heterocycles. The Morgan fingerprint density at radius 3 is 2.35 bits per heavy atom. The predicted octanol–water partition coefficient (Wildman–Crippen LogP) is 6.48. The maximum atomic E-state index is 14.6.